The molecule has 0 aliphatic carbocycles. The maximum atomic E-state index is 9.81. The lowest BCUT2D eigenvalue weighted by Gasteiger charge is -2.25. The number of benzene rings is 6. The molecular weight excluding hydrogens is 476 g/mol. The normalized spacial score (nSPS) is 11.1. The van der Waals surface area contributed by atoms with Crippen molar-refractivity contribution in [2.75, 3.05) is 12.0 Å². The van der Waals surface area contributed by atoms with Gasteiger partial charge >= 0.3 is 0 Å². The number of anilines is 3. The predicted octanol–water partition coefficient (Wildman–Crippen LogP) is 9.51. The van der Waals surface area contributed by atoms with Crippen LogP contribution in [0.25, 0.3) is 33.7 Å². The lowest BCUT2D eigenvalue weighted by Crippen LogP contribution is -2.09. The van der Waals surface area contributed by atoms with Gasteiger partial charge < -0.3 is 9.64 Å². The number of rotatable bonds is 6. The van der Waals surface area contributed by atoms with Crippen LogP contribution < -0.4 is 9.64 Å². The fourth-order valence-electron chi connectivity index (χ4n) is 5.00. The zero-order valence-electron chi connectivity index (χ0n) is 21.6. The summed E-state index contributed by atoms with van der Waals surface area (Å²) in [5, 5.41) is 13.9. The molecule has 0 amide bonds. The molecule has 0 spiro atoms. The minimum Gasteiger partial charge on any atom is -0.497 e. The fraction of sp³-hybridized carbons (Fsp3) is 0.0278. The van der Waals surface area contributed by atoms with E-state index < -0.39 is 0 Å². The molecule has 6 rings (SSSR count). The molecule has 0 aromatic heterocycles. The zero-order valence-corrected chi connectivity index (χ0v) is 21.6. The van der Waals surface area contributed by atoms with Gasteiger partial charge in [0.15, 0.2) is 0 Å². The van der Waals surface area contributed by atoms with Crippen LogP contribution in [-0.4, -0.2) is 7.11 Å². The Labute approximate surface area is 228 Å². The van der Waals surface area contributed by atoms with Gasteiger partial charge in [0.2, 0.25) is 0 Å². The van der Waals surface area contributed by atoms with E-state index in [1.165, 1.54) is 0 Å². The molecule has 0 N–H and O–H groups in total. The van der Waals surface area contributed by atoms with Crippen molar-refractivity contribution in [3.05, 3.63) is 144 Å². The second kappa shape index (κ2) is 10.6. The highest BCUT2D eigenvalue weighted by Crippen LogP contribution is 2.35. The van der Waals surface area contributed by atoms with Crippen LogP contribution in [-0.2, 0) is 0 Å². The van der Waals surface area contributed by atoms with Crippen molar-refractivity contribution < 1.29 is 4.74 Å². The van der Waals surface area contributed by atoms with Crippen LogP contribution in [0.3, 0.4) is 0 Å². The summed E-state index contributed by atoms with van der Waals surface area (Å²) in [6.45, 7) is 0. The third-order valence-electron chi connectivity index (χ3n) is 6.96. The summed E-state index contributed by atoms with van der Waals surface area (Å²) < 4.78 is 5.35. The molecule has 0 aliphatic heterocycles. The number of nitriles is 1. The van der Waals surface area contributed by atoms with Crippen molar-refractivity contribution in [1.29, 1.82) is 5.26 Å². The molecule has 6 aromatic rings. The van der Waals surface area contributed by atoms with E-state index in [1.807, 2.05) is 36.4 Å². The van der Waals surface area contributed by atoms with Gasteiger partial charge in [-0.3, -0.25) is 0 Å². The third kappa shape index (κ3) is 4.84. The van der Waals surface area contributed by atoms with Crippen LogP contribution in [0.5, 0.6) is 5.75 Å². The minimum atomic E-state index is 0.731. The van der Waals surface area contributed by atoms with Crippen molar-refractivity contribution in [2.24, 2.45) is 0 Å². The zero-order chi connectivity index (χ0) is 26.6. The van der Waals surface area contributed by atoms with Gasteiger partial charge in [0.05, 0.1) is 12.7 Å². The minimum absolute atomic E-state index is 0.731. The molecule has 0 atom stereocenters. The van der Waals surface area contributed by atoms with Crippen LogP contribution in [0, 0.1) is 11.3 Å². The van der Waals surface area contributed by atoms with Crippen LogP contribution in [0.2, 0.25) is 0 Å². The molecule has 0 saturated heterocycles. The second-order valence-electron chi connectivity index (χ2n) is 9.36. The smallest absolute Gasteiger partial charge is 0.119 e. The molecule has 0 heterocycles. The molecule has 6 aromatic carbocycles. The van der Waals surface area contributed by atoms with Crippen molar-refractivity contribution in [2.45, 2.75) is 0 Å². The number of ether oxygens (including phenoxy) is 1. The van der Waals surface area contributed by atoms with E-state index in [4.69, 9.17) is 4.74 Å². The monoisotopic (exact) mass is 502 g/mol. The van der Waals surface area contributed by atoms with Gasteiger partial charge in [-0.15, -0.1) is 0 Å². The number of hydrogen-bond donors (Lipinski definition) is 0. The Hall–Kier alpha value is -5.33. The molecule has 3 nitrogen and oxygen atoms in total. The molecule has 39 heavy (non-hydrogen) atoms. The number of fused-ring (bicyclic) bond motifs is 2. The highest BCUT2D eigenvalue weighted by atomic mass is 16.5. The van der Waals surface area contributed by atoms with Gasteiger partial charge in [-0.25, -0.2) is 0 Å². The van der Waals surface area contributed by atoms with Crippen LogP contribution in [0.15, 0.2) is 127 Å². The fourth-order valence-corrected chi connectivity index (χ4v) is 5.00. The van der Waals surface area contributed by atoms with Crippen molar-refractivity contribution in [3.8, 4) is 11.8 Å². The summed E-state index contributed by atoms with van der Waals surface area (Å²) in [5.41, 5.74) is 6.16. The maximum Gasteiger partial charge on any atom is 0.119 e. The van der Waals surface area contributed by atoms with E-state index in [2.05, 4.69) is 114 Å². The standard InChI is InChI=1S/C36H26N2O/c1-39-33-20-18-32(19-21-33)38(30-8-3-2-4-9-30)31-16-13-26(14-17-31)11-12-27-15-22-35-29(23-27)24-28-7-5-6-10-34(28)36(35)25-37/h2-24H,1H3. The maximum absolute atomic E-state index is 9.81. The molecule has 3 heteroatoms. The van der Waals surface area contributed by atoms with E-state index in [1.54, 1.807) is 7.11 Å². The third-order valence-corrected chi connectivity index (χ3v) is 6.96. The summed E-state index contributed by atoms with van der Waals surface area (Å²) in [7, 11) is 1.68. The van der Waals surface area contributed by atoms with Gasteiger partial charge in [-0.2, -0.15) is 5.26 Å². The molecule has 0 unspecified atom stereocenters. The van der Waals surface area contributed by atoms with Crippen LogP contribution >= 0.6 is 0 Å². The number of hydrogen-bond acceptors (Lipinski definition) is 3. The Balaban J connectivity index is 1.30. The molecule has 0 aliphatic rings. The lowest BCUT2D eigenvalue weighted by atomic mass is 9.96. The van der Waals surface area contributed by atoms with E-state index >= 15 is 0 Å². The Morgan fingerprint density at radius 2 is 1.18 bits per heavy atom. The topological polar surface area (TPSA) is 36.3 Å². The van der Waals surface area contributed by atoms with Crippen molar-refractivity contribution in [3.63, 3.8) is 0 Å². The van der Waals surface area contributed by atoms with Gasteiger partial charge in [0, 0.05) is 27.8 Å². The van der Waals surface area contributed by atoms with E-state index in [0.29, 0.717) is 0 Å². The molecule has 186 valence electrons. The summed E-state index contributed by atoms with van der Waals surface area (Å²) in [6, 6.07) is 45.9. The SMILES string of the molecule is COc1ccc(N(c2ccccc2)c2ccc(C=Cc3ccc4c(C#N)c5ccccc5cc4c3)cc2)cc1. The summed E-state index contributed by atoms with van der Waals surface area (Å²) in [6.07, 6.45) is 4.24. The highest BCUT2D eigenvalue weighted by Gasteiger charge is 2.12. The largest absolute Gasteiger partial charge is 0.497 e. The van der Waals surface area contributed by atoms with Gasteiger partial charge in [-0.05, 0) is 82.6 Å². The lowest BCUT2D eigenvalue weighted by molar-refractivity contribution is 0.415. The van der Waals surface area contributed by atoms with E-state index in [0.717, 1.165) is 61.0 Å². The average Bonchev–Trinajstić information content (AvgIpc) is 3.00. The predicted molar refractivity (Wildman–Crippen MR) is 163 cm³/mol. The first-order valence-corrected chi connectivity index (χ1v) is 12.9. The molecule has 0 bridgehead atoms. The van der Waals surface area contributed by atoms with Crippen LogP contribution in [0.1, 0.15) is 16.7 Å². The van der Waals surface area contributed by atoms with Gasteiger partial charge in [-0.1, -0.05) is 78.9 Å². The van der Waals surface area contributed by atoms with E-state index in [-0.39, 0.29) is 0 Å². The van der Waals surface area contributed by atoms with Gasteiger partial charge in [0.25, 0.3) is 0 Å². The highest BCUT2D eigenvalue weighted by molar-refractivity contribution is 6.05. The first-order valence-electron chi connectivity index (χ1n) is 12.9. The summed E-state index contributed by atoms with van der Waals surface area (Å²) in [5.74, 6) is 0.831. The van der Waals surface area contributed by atoms with E-state index in [9.17, 15) is 5.26 Å². The quantitative estimate of drug-likeness (QED) is 0.168. The van der Waals surface area contributed by atoms with Crippen LogP contribution in [0.4, 0.5) is 17.1 Å². The van der Waals surface area contributed by atoms with Crippen molar-refractivity contribution >= 4 is 50.8 Å². The summed E-state index contributed by atoms with van der Waals surface area (Å²) >= 11 is 0. The number of methoxy groups -OCH3 is 1. The average molecular weight is 503 g/mol. The van der Waals surface area contributed by atoms with Gasteiger partial charge in [0.1, 0.15) is 11.8 Å². The Morgan fingerprint density at radius 3 is 1.90 bits per heavy atom. The molecule has 0 radical (unpaired) electrons. The molecule has 0 saturated carbocycles. The van der Waals surface area contributed by atoms with Crippen molar-refractivity contribution in [1.82, 2.24) is 0 Å². The Morgan fingerprint density at radius 1 is 0.590 bits per heavy atom. The molecule has 0 fully saturated rings. The first kappa shape index (κ1) is 24.0. The Bertz CT molecular complexity index is 1830. The Kier molecular flexibility index (Phi) is 6.52. The second-order valence-corrected chi connectivity index (χ2v) is 9.36. The number of para-hydroxylation sites is 1. The molecular formula is C36H26N2O. The number of nitrogens with zero attached hydrogens (tertiary/aromatic N) is 2. The first-order chi connectivity index (χ1) is 19.2. The summed E-state index contributed by atoms with van der Waals surface area (Å²) in [4.78, 5) is 2.23.